The maximum Gasteiger partial charge on any atom is 0.303 e. The lowest BCUT2D eigenvalue weighted by Crippen LogP contribution is -2.11. The lowest BCUT2D eigenvalue weighted by molar-refractivity contribution is 0.538. The predicted molar refractivity (Wildman–Crippen MR) is 63.7 cm³/mol. The van der Waals surface area contributed by atoms with Crippen molar-refractivity contribution >= 4 is 11.2 Å². The Morgan fingerprint density at radius 3 is 2.83 bits per heavy atom. The summed E-state index contributed by atoms with van der Waals surface area (Å²) in [5, 5.41) is 0. The summed E-state index contributed by atoms with van der Waals surface area (Å²) in [6.07, 6.45) is 0.596. The van der Waals surface area contributed by atoms with Gasteiger partial charge in [-0.1, -0.05) is 30.3 Å². The summed E-state index contributed by atoms with van der Waals surface area (Å²) >= 11 is 0. The molecule has 3 aromatic rings. The van der Waals surface area contributed by atoms with E-state index < -0.39 is 11.6 Å². The van der Waals surface area contributed by atoms with E-state index in [4.69, 9.17) is 0 Å². The molecule has 0 fully saturated rings. The molecular formula is C12H9FN4O. The SMILES string of the molecule is O=c1nc(F)[nH]c2c1ncn2Cc1ccccc1. The van der Waals surface area contributed by atoms with Crippen LogP contribution in [-0.2, 0) is 6.54 Å². The number of fused-ring (bicyclic) bond motifs is 1. The van der Waals surface area contributed by atoms with Crippen molar-refractivity contribution in [3.8, 4) is 0 Å². The van der Waals surface area contributed by atoms with Crippen LogP contribution < -0.4 is 5.56 Å². The van der Waals surface area contributed by atoms with Crippen LogP contribution in [0.5, 0.6) is 0 Å². The number of benzene rings is 1. The number of halogens is 1. The summed E-state index contributed by atoms with van der Waals surface area (Å²) in [5.41, 5.74) is 0.867. The van der Waals surface area contributed by atoms with Crippen LogP contribution in [0.15, 0.2) is 41.5 Å². The minimum Gasteiger partial charge on any atom is -0.312 e. The Morgan fingerprint density at radius 1 is 1.28 bits per heavy atom. The van der Waals surface area contributed by atoms with Crippen molar-refractivity contribution in [2.45, 2.75) is 6.54 Å². The zero-order valence-electron chi connectivity index (χ0n) is 9.30. The van der Waals surface area contributed by atoms with E-state index in [0.29, 0.717) is 12.2 Å². The third kappa shape index (κ3) is 1.77. The van der Waals surface area contributed by atoms with Crippen LogP contribution in [0.1, 0.15) is 5.56 Å². The molecule has 1 aromatic carbocycles. The van der Waals surface area contributed by atoms with Gasteiger partial charge in [-0.05, 0) is 5.56 Å². The molecule has 90 valence electrons. The van der Waals surface area contributed by atoms with Crippen molar-refractivity contribution in [1.82, 2.24) is 19.5 Å². The van der Waals surface area contributed by atoms with E-state index in [2.05, 4.69) is 15.0 Å². The van der Waals surface area contributed by atoms with Crippen LogP contribution in [0.3, 0.4) is 0 Å². The van der Waals surface area contributed by atoms with E-state index in [1.807, 2.05) is 30.3 Å². The van der Waals surface area contributed by atoms with E-state index in [0.717, 1.165) is 5.56 Å². The summed E-state index contributed by atoms with van der Waals surface area (Å²) in [6, 6.07) is 9.64. The lowest BCUT2D eigenvalue weighted by atomic mass is 10.2. The molecule has 0 bridgehead atoms. The highest BCUT2D eigenvalue weighted by Crippen LogP contribution is 2.09. The fraction of sp³-hybridized carbons (Fsp3) is 0.0833. The number of aromatic nitrogens is 4. The lowest BCUT2D eigenvalue weighted by Gasteiger charge is -2.03. The first kappa shape index (κ1) is 10.6. The van der Waals surface area contributed by atoms with Gasteiger partial charge in [0.1, 0.15) is 5.65 Å². The van der Waals surface area contributed by atoms with E-state index in [9.17, 15) is 9.18 Å². The summed E-state index contributed by atoms with van der Waals surface area (Å²) in [7, 11) is 0. The molecule has 0 unspecified atom stereocenters. The molecule has 18 heavy (non-hydrogen) atoms. The average Bonchev–Trinajstić information content (AvgIpc) is 2.74. The van der Waals surface area contributed by atoms with Gasteiger partial charge in [-0.25, -0.2) is 4.98 Å². The van der Waals surface area contributed by atoms with E-state index in [-0.39, 0.29) is 5.52 Å². The van der Waals surface area contributed by atoms with Crippen LogP contribution in [0, 0.1) is 6.08 Å². The number of H-pyrrole nitrogens is 1. The molecule has 2 heterocycles. The largest absolute Gasteiger partial charge is 0.312 e. The predicted octanol–water partition coefficient (Wildman–Crippen LogP) is 1.31. The molecule has 0 saturated carbocycles. The van der Waals surface area contributed by atoms with E-state index in [1.54, 1.807) is 4.57 Å². The van der Waals surface area contributed by atoms with Crippen LogP contribution in [-0.4, -0.2) is 19.5 Å². The summed E-state index contributed by atoms with van der Waals surface area (Å²) in [5.74, 6) is 0. The second kappa shape index (κ2) is 4.06. The van der Waals surface area contributed by atoms with E-state index in [1.165, 1.54) is 6.33 Å². The Kier molecular flexibility index (Phi) is 2.40. The van der Waals surface area contributed by atoms with Gasteiger partial charge in [0.15, 0.2) is 5.52 Å². The molecule has 2 aromatic heterocycles. The van der Waals surface area contributed by atoms with Gasteiger partial charge in [-0.15, -0.1) is 0 Å². The normalized spacial score (nSPS) is 10.9. The van der Waals surface area contributed by atoms with Crippen molar-refractivity contribution in [3.05, 3.63) is 58.7 Å². The third-order valence-corrected chi connectivity index (χ3v) is 2.66. The molecule has 1 N–H and O–H groups in total. The molecule has 0 aliphatic carbocycles. The highest BCUT2D eigenvalue weighted by Gasteiger charge is 2.09. The first-order chi connectivity index (χ1) is 8.74. The van der Waals surface area contributed by atoms with Crippen LogP contribution in [0.2, 0.25) is 0 Å². The second-order valence-electron chi connectivity index (χ2n) is 3.89. The van der Waals surface area contributed by atoms with Crippen molar-refractivity contribution in [1.29, 1.82) is 0 Å². The number of hydrogen-bond acceptors (Lipinski definition) is 3. The first-order valence-corrected chi connectivity index (χ1v) is 5.38. The van der Waals surface area contributed by atoms with Crippen molar-refractivity contribution in [2.75, 3.05) is 0 Å². The molecule has 3 rings (SSSR count). The monoisotopic (exact) mass is 244 g/mol. The van der Waals surface area contributed by atoms with Gasteiger partial charge in [0.2, 0.25) is 0 Å². The van der Waals surface area contributed by atoms with Gasteiger partial charge < -0.3 is 4.57 Å². The summed E-state index contributed by atoms with van der Waals surface area (Å²) in [4.78, 5) is 21.0. The highest BCUT2D eigenvalue weighted by atomic mass is 19.1. The van der Waals surface area contributed by atoms with E-state index >= 15 is 0 Å². The molecule has 0 atom stereocenters. The minimum absolute atomic E-state index is 0.146. The van der Waals surface area contributed by atoms with Crippen LogP contribution in [0.25, 0.3) is 11.2 Å². The maximum atomic E-state index is 13.1. The number of nitrogens with zero attached hydrogens (tertiary/aromatic N) is 3. The molecule has 0 radical (unpaired) electrons. The van der Waals surface area contributed by atoms with Gasteiger partial charge >= 0.3 is 5.56 Å². The fourth-order valence-electron chi connectivity index (χ4n) is 1.84. The van der Waals surface area contributed by atoms with Crippen LogP contribution >= 0.6 is 0 Å². The van der Waals surface area contributed by atoms with Gasteiger partial charge in [0.25, 0.3) is 6.08 Å². The molecule has 5 nitrogen and oxygen atoms in total. The number of aromatic amines is 1. The molecular weight excluding hydrogens is 235 g/mol. The molecule has 6 heteroatoms. The van der Waals surface area contributed by atoms with Gasteiger partial charge in [0, 0.05) is 0 Å². The zero-order chi connectivity index (χ0) is 12.5. The number of imidazole rings is 1. The van der Waals surface area contributed by atoms with Crippen molar-refractivity contribution in [2.24, 2.45) is 0 Å². The Balaban J connectivity index is 2.11. The summed E-state index contributed by atoms with van der Waals surface area (Å²) in [6.45, 7) is 0.511. The van der Waals surface area contributed by atoms with Crippen molar-refractivity contribution < 1.29 is 4.39 Å². The van der Waals surface area contributed by atoms with Gasteiger partial charge in [-0.3, -0.25) is 9.78 Å². The maximum absolute atomic E-state index is 13.1. The number of hydrogen-bond donors (Lipinski definition) is 1. The highest BCUT2D eigenvalue weighted by molar-refractivity contribution is 5.68. The Morgan fingerprint density at radius 2 is 2.06 bits per heavy atom. The second-order valence-corrected chi connectivity index (χ2v) is 3.89. The molecule has 0 amide bonds. The first-order valence-electron chi connectivity index (χ1n) is 5.38. The zero-order valence-corrected chi connectivity index (χ0v) is 9.30. The topological polar surface area (TPSA) is 63.6 Å². The number of rotatable bonds is 2. The number of nitrogens with one attached hydrogen (secondary N) is 1. The van der Waals surface area contributed by atoms with Gasteiger partial charge in [0.05, 0.1) is 12.9 Å². The Hall–Kier alpha value is -2.50. The fourth-order valence-corrected chi connectivity index (χ4v) is 1.84. The minimum atomic E-state index is -0.901. The molecule has 0 spiro atoms. The van der Waals surface area contributed by atoms with Gasteiger partial charge in [-0.2, -0.15) is 9.37 Å². The molecule has 0 saturated heterocycles. The Labute approximate surface area is 101 Å². The standard InChI is InChI=1S/C12H9FN4O/c13-12-15-10-9(11(18)16-12)14-7-17(10)6-8-4-2-1-3-5-8/h1-5,7H,6H2,(H,15,16,18). The average molecular weight is 244 g/mol. The molecule has 0 aliphatic rings. The smallest absolute Gasteiger partial charge is 0.303 e. The van der Waals surface area contributed by atoms with Crippen molar-refractivity contribution in [3.63, 3.8) is 0 Å². The Bertz CT molecular complexity index is 748. The van der Waals surface area contributed by atoms with Crippen LogP contribution in [0.4, 0.5) is 4.39 Å². The third-order valence-electron chi connectivity index (χ3n) is 2.66. The molecule has 0 aliphatic heterocycles. The quantitative estimate of drug-likeness (QED) is 0.691. The summed E-state index contributed by atoms with van der Waals surface area (Å²) < 4.78 is 14.8.